The topological polar surface area (TPSA) is 43.1 Å². The summed E-state index contributed by atoms with van der Waals surface area (Å²) in [5.74, 6) is -2.14. The molecule has 0 heterocycles. The molecule has 0 amide bonds. The molecule has 0 atom stereocenters. The van der Waals surface area contributed by atoms with Crippen molar-refractivity contribution in [2.75, 3.05) is 5.73 Å². The van der Waals surface area contributed by atoms with Crippen LogP contribution in [0.15, 0.2) is 36.4 Å². The monoisotopic (exact) mass is 267 g/mol. The van der Waals surface area contributed by atoms with Gasteiger partial charge in [-0.3, -0.25) is 4.79 Å². The second-order valence-corrected chi connectivity index (χ2v) is 4.16. The van der Waals surface area contributed by atoms with Gasteiger partial charge < -0.3 is 5.73 Å². The lowest BCUT2D eigenvalue weighted by Gasteiger charge is -2.05. The van der Waals surface area contributed by atoms with Crippen molar-refractivity contribution in [3.8, 4) is 0 Å². The van der Waals surface area contributed by atoms with Crippen molar-refractivity contribution in [2.45, 2.75) is 0 Å². The minimum Gasteiger partial charge on any atom is -0.399 e. The summed E-state index contributed by atoms with van der Waals surface area (Å²) in [5.41, 5.74) is 5.58. The molecule has 0 bridgehead atoms. The van der Waals surface area contributed by atoms with E-state index in [4.69, 9.17) is 17.3 Å². The Morgan fingerprint density at radius 3 is 2.50 bits per heavy atom. The average molecular weight is 268 g/mol. The molecule has 18 heavy (non-hydrogen) atoms. The molecule has 0 fully saturated rings. The Bertz CT molecular complexity index is 608. The molecule has 5 heteroatoms. The van der Waals surface area contributed by atoms with Gasteiger partial charge in [0.15, 0.2) is 5.78 Å². The van der Waals surface area contributed by atoms with Crippen LogP contribution in [-0.2, 0) is 0 Å². The van der Waals surface area contributed by atoms with Gasteiger partial charge in [-0.2, -0.15) is 0 Å². The molecule has 0 radical (unpaired) electrons. The standard InChI is InChI=1S/C13H8ClF2NO/c14-8-3-7(4-10(17)5-8)13(18)11-6-9(15)1-2-12(11)16/h1-6H,17H2. The summed E-state index contributed by atoms with van der Waals surface area (Å²) in [4.78, 5) is 12.0. The molecule has 0 spiro atoms. The Morgan fingerprint density at radius 2 is 1.83 bits per heavy atom. The lowest BCUT2D eigenvalue weighted by atomic mass is 10.0. The van der Waals surface area contributed by atoms with Crippen LogP contribution in [0.1, 0.15) is 15.9 Å². The summed E-state index contributed by atoms with van der Waals surface area (Å²) in [6.07, 6.45) is 0. The first-order valence-electron chi connectivity index (χ1n) is 5.03. The molecular formula is C13H8ClF2NO. The van der Waals surface area contributed by atoms with Crippen LogP contribution in [-0.4, -0.2) is 5.78 Å². The Morgan fingerprint density at radius 1 is 1.11 bits per heavy atom. The molecule has 2 nitrogen and oxygen atoms in total. The third-order valence-corrected chi connectivity index (χ3v) is 2.57. The number of benzene rings is 2. The normalized spacial score (nSPS) is 10.4. The lowest BCUT2D eigenvalue weighted by Crippen LogP contribution is -2.05. The summed E-state index contributed by atoms with van der Waals surface area (Å²) in [6.45, 7) is 0. The van der Waals surface area contributed by atoms with Gasteiger partial charge >= 0.3 is 0 Å². The van der Waals surface area contributed by atoms with E-state index >= 15 is 0 Å². The van der Waals surface area contributed by atoms with E-state index in [1.165, 1.54) is 18.2 Å². The summed E-state index contributed by atoms with van der Waals surface area (Å²) in [5, 5.41) is 0.259. The predicted molar refractivity (Wildman–Crippen MR) is 65.7 cm³/mol. The molecule has 0 aliphatic carbocycles. The number of carbonyl (C=O) groups excluding carboxylic acids is 1. The van der Waals surface area contributed by atoms with Crippen LogP contribution in [0.5, 0.6) is 0 Å². The number of nitrogens with two attached hydrogens (primary N) is 1. The number of hydrogen-bond acceptors (Lipinski definition) is 2. The number of hydrogen-bond donors (Lipinski definition) is 1. The molecule has 2 N–H and O–H groups in total. The fourth-order valence-corrected chi connectivity index (χ4v) is 1.81. The quantitative estimate of drug-likeness (QED) is 0.669. The van der Waals surface area contributed by atoms with E-state index in [9.17, 15) is 13.6 Å². The highest BCUT2D eigenvalue weighted by Crippen LogP contribution is 2.21. The van der Waals surface area contributed by atoms with Gasteiger partial charge in [-0.25, -0.2) is 8.78 Å². The Balaban J connectivity index is 2.51. The maximum atomic E-state index is 13.5. The first-order chi connectivity index (χ1) is 8.47. The van der Waals surface area contributed by atoms with Crippen molar-refractivity contribution in [1.82, 2.24) is 0 Å². The van der Waals surface area contributed by atoms with Crippen molar-refractivity contribution in [3.63, 3.8) is 0 Å². The molecule has 0 aliphatic rings. The fraction of sp³-hybridized carbons (Fsp3) is 0. The van der Waals surface area contributed by atoms with E-state index < -0.39 is 17.4 Å². The Kier molecular flexibility index (Phi) is 3.30. The zero-order valence-corrected chi connectivity index (χ0v) is 9.84. The van der Waals surface area contributed by atoms with Crippen LogP contribution in [0, 0.1) is 11.6 Å². The molecule has 2 aromatic rings. The minimum atomic E-state index is -0.792. The van der Waals surface area contributed by atoms with Crippen molar-refractivity contribution in [2.24, 2.45) is 0 Å². The van der Waals surface area contributed by atoms with Crippen LogP contribution in [0.2, 0.25) is 5.02 Å². The van der Waals surface area contributed by atoms with Gasteiger partial charge in [0, 0.05) is 16.3 Å². The van der Waals surface area contributed by atoms with Crippen LogP contribution in [0.4, 0.5) is 14.5 Å². The van der Waals surface area contributed by atoms with Gasteiger partial charge in [0.05, 0.1) is 5.56 Å². The van der Waals surface area contributed by atoms with Gasteiger partial charge in [0.2, 0.25) is 0 Å². The zero-order chi connectivity index (χ0) is 13.3. The summed E-state index contributed by atoms with van der Waals surface area (Å²) in [6, 6.07) is 6.85. The van der Waals surface area contributed by atoms with Crippen molar-refractivity contribution in [1.29, 1.82) is 0 Å². The second kappa shape index (κ2) is 4.74. The van der Waals surface area contributed by atoms with Gasteiger partial charge in [-0.1, -0.05) is 11.6 Å². The number of anilines is 1. The number of carbonyl (C=O) groups is 1. The summed E-state index contributed by atoms with van der Waals surface area (Å²) >= 11 is 5.75. The third kappa shape index (κ3) is 2.49. The molecule has 0 saturated carbocycles. The van der Waals surface area contributed by atoms with Crippen LogP contribution < -0.4 is 5.73 Å². The van der Waals surface area contributed by atoms with Crippen molar-refractivity contribution >= 4 is 23.1 Å². The van der Waals surface area contributed by atoms with Crippen molar-refractivity contribution in [3.05, 3.63) is 64.2 Å². The molecular weight excluding hydrogens is 260 g/mol. The number of halogens is 3. The maximum Gasteiger partial charge on any atom is 0.196 e. The van der Waals surface area contributed by atoms with E-state index in [1.807, 2.05) is 0 Å². The van der Waals surface area contributed by atoms with Gasteiger partial charge in [-0.15, -0.1) is 0 Å². The Labute approximate surface area is 107 Å². The van der Waals surface area contributed by atoms with Crippen molar-refractivity contribution < 1.29 is 13.6 Å². The highest BCUT2D eigenvalue weighted by molar-refractivity contribution is 6.31. The average Bonchev–Trinajstić information content (AvgIpc) is 2.30. The Hall–Kier alpha value is -1.94. The van der Waals surface area contributed by atoms with E-state index in [1.54, 1.807) is 0 Å². The van der Waals surface area contributed by atoms with E-state index in [2.05, 4.69) is 0 Å². The second-order valence-electron chi connectivity index (χ2n) is 3.73. The highest BCUT2D eigenvalue weighted by Gasteiger charge is 2.15. The largest absolute Gasteiger partial charge is 0.399 e. The number of rotatable bonds is 2. The van der Waals surface area contributed by atoms with Crippen LogP contribution >= 0.6 is 11.6 Å². The highest BCUT2D eigenvalue weighted by atomic mass is 35.5. The molecule has 0 aromatic heterocycles. The van der Waals surface area contributed by atoms with Crippen LogP contribution in [0.3, 0.4) is 0 Å². The fourth-order valence-electron chi connectivity index (χ4n) is 1.57. The molecule has 0 aliphatic heterocycles. The smallest absolute Gasteiger partial charge is 0.196 e. The van der Waals surface area contributed by atoms with Gasteiger partial charge in [-0.05, 0) is 36.4 Å². The van der Waals surface area contributed by atoms with E-state index in [0.29, 0.717) is 0 Å². The van der Waals surface area contributed by atoms with E-state index in [0.717, 1.165) is 18.2 Å². The molecule has 92 valence electrons. The molecule has 0 unspecified atom stereocenters. The molecule has 2 rings (SSSR count). The minimum absolute atomic E-state index is 0.115. The SMILES string of the molecule is Nc1cc(Cl)cc(C(=O)c2cc(F)ccc2F)c1. The van der Waals surface area contributed by atoms with Crippen LogP contribution in [0.25, 0.3) is 0 Å². The number of nitrogen functional groups attached to an aromatic ring is 1. The third-order valence-electron chi connectivity index (χ3n) is 2.36. The summed E-state index contributed by atoms with van der Waals surface area (Å²) < 4.78 is 26.5. The van der Waals surface area contributed by atoms with Gasteiger partial charge in [0.1, 0.15) is 11.6 Å². The number of ketones is 1. The molecule has 2 aromatic carbocycles. The zero-order valence-electron chi connectivity index (χ0n) is 9.08. The predicted octanol–water partition coefficient (Wildman–Crippen LogP) is 3.43. The first-order valence-corrected chi connectivity index (χ1v) is 5.41. The lowest BCUT2D eigenvalue weighted by molar-refractivity contribution is 0.103. The van der Waals surface area contributed by atoms with Gasteiger partial charge in [0.25, 0.3) is 0 Å². The first kappa shape index (κ1) is 12.5. The molecule has 0 saturated heterocycles. The summed E-state index contributed by atoms with van der Waals surface area (Å²) in [7, 11) is 0. The maximum absolute atomic E-state index is 13.5. The van der Waals surface area contributed by atoms with E-state index in [-0.39, 0.29) is 21.8 Å².